The molecule has 194 valence electrons. The molecule has 2 aliphatic rings. The average molecular weight is 557 g/mol. The van der Waals surface area contributed by atoms with Gasteiger partial charge in [-0.2, -0.15) is 0 Å². The molecular formula is C26H28N4O4S3. The maximum absolute atomic E-state index is 13.6. The van der Waals surface area contributed by atoms with Gasteiger partial charge in [0.05, 0.1) is 22.8 Å². The molecular weight excluding hydrogens is 529 g/mol. The largest absolute Gasteiger partial charge is 0.481 e. The Morgan fingerprint density at radius 2 is 1.97 bits per heavy atom. The first kappa shape index (κ1) is 24.6. The molecule has 37 heavy (non-hydrogen) atoms. The molecule has 1 aromatic carbocycles. The van der Waals surface area contributed by atoms with E-state index >= 15 is 0 Å². The summed E-state index contributed by atoms with van der Waals surface area (Å²) in [6.07, 6.45) is 5.35. The maximum Gasteiger partial charge on any atom is 0.306 e. The smallest absolute Gasteiger partial charge is 0.306 e. The lowest BCUT2D eigenvalue weighted by atomic mass is 9.97. The van der Waals surface area contributed by atoms with Crippen molar-refractivity contribution in [1.82, 2.24) is 14.9 Å². The zero-order valence-electron chi connectivity index (χ0n) is 20.2. The van der Waals surface area contributed by atoms with Gasteiger partial charge in [-0.05, 0) is 68.3 Å². The highest BCUT2D eigenvalue weighted by atomic mass is 32.2. The van der Waals surface area contributed by atoms with Crippen LogP contribution >= 0.6 is 22.7 Å². The Morgan fingerprint density at radius 3 is 2.68 bits per heavy atom. The van der Waals surface area contributed by atoms with Crippen molar-refractivity contribution in [2.75, 3.05) is 23.9 Å². The van der Waals surface area contributed by atoms with Crippen LogP contribution in [0.15, 0.2) is 52.2 Å². The van der Waals surface area contributed by atoms with Gasteiger partial charge in [0, 0.05) is 29.5 Å². The Balaban J connectivity index is 1.27. The fourth-order valence-corrected chi connectivity index (χ4v) is 8.49. The summed E-state index contributed by atoms with van der Waals surface area (Å²) < 4.78 is 29.1. The van der Waals surface area contributed by atoms with Crippen LogP contribution in [0.2, 0.25) is 0 Å². The van der Waals surface area contributed by atoms with E-state index in [1.54, 1.807) is 33.2 Å². The zero-order valence-corrected chi connectivity index (χ0v) is 22.6. The van der Waals surface area contributed by atoms with Crippen molar-refractivity contribution in [1.29, 1.82) is 0 Å². The molecule has 11 heteroatoms. The van der Waals surface area contributed by atoms with Crippen LogP contribution in [0.25, 0.3) is 21.6 Å². The number of sulfonamides is 1. The van der Waals surface area contributed by atoms with Crippen LogP contribution in [0.1, 0.15) is 30.6 Å². The quantitative estimate of drug-likeness (QED) is 0.292. The molecule has 0 bridgehead atoms. The van der Waals surface area contributed by atoms with Gasteiger partial charge in [-0.25, -0.2) is 13.4 Å². The van der Waals surface area contributed by atoms with Crippen LogP contribution in [0.5, 0.6) is 0 Å². The van der Waals surface area contributed by atoms with E-state index in [9.17, 15) is 18.3 Å². The van der Waals surface area contributed by atoms with E-state index < -0.39 is 16.0 Å². The summed E-state index contributed by atoms with van der Waals surface area (Å²) in [6.45, 7) is 2.78. The third kappa shape index (κ3) is 5.05. The standard InChI is InChI=1S/C26H28N4O4S3/c31-26(32)18-8-10-29(11-9-18)16-20-14-27-25(36-20)21-13-19-3-1-4-22(24(19)28-21)30(15-17-6-7-17)37(33,34)23-5-2-12-35-23/h1-5,12-14,17-18,28H,6-11,15-16H2,(H,31,32). The van der Waals surface area contributed by atoms with Crippen LogP contribution in [0.3, 0.4) is 0 Å². The first-order valence-corrected chi connectivity index (χ1v) is 15.6. The first-order chi connectivity index (χ1) is 17.9. The fourth-order valence-electron chi connectivity index (χ4n) is 4.91. The van der Waals surface area contributed by atoms with Crippen molar-refractivity contribution in [3.63, 3.8) is 0 Å². The summed E-state index contributed by atoms with van der Waals surface area (Å²) in [7, 11) is -3.66. The van der Waals surface area contributed by atoms with Gasteiger partial charge in [0.1, 0.15) is 9.22 Å². The Labute approximate surface area is 223 Å². The van der Waals surface area contributed by atoms with Gasteiger partial charge in [-0.1, -0.05) is 18.2 Å². The number of H-pyrrole nitrogens is 1. The van der Waals surface area contributed by atoms with Gasteiger partial charge in [0.15, 0.2) is 0 Å². The molecule has 0 spiro atoms. The number of piperidine rings is 1. The van der Waals surface area contributed by atoms with E-state index in [-0.39, 0.29) is 5.92 Å². The second kappa shape index (κ2) is 9.86. The lowest BCUT2D eigenvalue weighted by Gasteiger charge is -2.29. The molecule has 3 aromatic heterocycles. The number of carboxylic acid groups (broad SMARTS) is 1. The van der Waals surface area contributed by atoms with Gasteiger partial charge in [-0.15, -0.1) is 22.7 Å². The number of nitrogens with one attached hydrogen (secondary N) is 1. The summed E-state index contributed by atoms with van der Waals surface area (Å²) in [5.74, 6) is -0.546. The van der Waals surface area contributed by atoms with Gasteiger partial charge in [0.2, 0.25) is 0 Å². The summed E-state index contributed by atoms with van der Waals surface area (Å²) in [6, 6.07) is 11.3. The minimum atomic E-state index is -3.66. The van der Waals surface area contributed by atoms with Gasteiger partial charge in [0.25, 0.3) is 10.0 Å². The number of aromatic nitrogens is 2. The number of likely N-dealkylation sites (tertiary alicyclic amines) is 1. The monoisotopic (exact) mass is 556 g/mol. The number of aliphatic carboxylic acids is 1. The van der Waals surface area contributed by atoms with Crippen LogP contribution < -0.4 is 4.31 Å². The Bertz CT molecular complexity index is 1510. The summed E-state index contributed by atoms with van der Waals surface area (Å²) in [4.78, 5) is 22.8. The molecule has 8 nitrogen and oxygen atoms in total. The van der Waals surface area contributed by atoms with E-state index in [1.165, 1.54) is 11.3 Å². The Morgan fingerprint density at radius 1 is 1.16 bits per heavy atom. The molecule has 0 unspecified atom stereocenters. The summed E-state index contributed by atoms with van der Waals surface area (Å²) in [5, 5.41) is 12.8. The van der Waals surface area contributed by atoms with Crippen molar-refractivity contribution in [2.45, 2.75) is 36.4 Å². The van der Waals surface area contributed by atoms with E-state index in [1.807, 2.05) is 30.5 Å². The molecule has 6 rings (SSSR count). The number of carboxylic acids is 1. The normalized spacial score (nSPS) is 17.4. The Kier molecular flexibility index (Phi) is 6.56. The lowest BCUT2D eigenvalue weighted by Crippen LogP contribution is -2.35. The maximum atomic E-state index is 13.6. The SMILES string of the molecule is O=C(O)C1CCN(Cc2cnc(-c3cc4cccc(N(CC5CC5)S(=O)(=O)c5cccs5)c4[nH]3)s2)CC1. The second-order valence-electron chi connectivity index (χ2n) is 9.86. The highest BCUT2D eigenvalue weighted by Gasteiger charge is 2.34. The van der Waals surface area contributed by atoms with Gasteiger partial charge >= 0.3 is 5.97 Å². The lowest BCUT2D eigenvalue weighted by molar-refractivity contribution is -0.143. The molecule has 1 saturated heterocycles. The number of hydrogen-bond acceptors (Lipinski definition) is 7. The minimum Gasteiger partial charge on any atom is -0.481 e. The first-order valence-electron chi connectivity index (χ1n) is 12.5. The topological polar surface area (TPSA) is 107 Å². The zero-order chi connectivity index (χ0) is 25.6. The number of rotatable bonds is 9. The van der Waals surface area contributed by atoms with Crippen LogP contribution in [-0.4, -0.2) is 54.0 Å². The van der Waals surface area contributed by atoms with E-state index in [4.69, 9.17) is 0 Å². The number of hydrogen-bond donors (Lipinski definition) is 2. The van der Waals surface area contributed by atoms with Gasteiger partial charge in [-0.3, -0.25) is 14.0 Å². The molecule has 1 saturated carbocycles. The molecule has 0 atom stereocenters. The number of fused-ring (bicyclic) bond motifs is 1. The number of thiophene rings is 1. The predicted octanol–water partition coefficient (Wildman–Crippen LogP) is 5.25. The molecule has 1 aliphatic heterocycles. The predicted molar refractivity (Wildman–Crippen MR) is 147 cm³/mol. The Hall–Kier alpha value is -2.73. The fraction of sp³-hybridized carbons (Fsp3) is 0.385. The molecule has 2 N–H and O–H groups in total. The van der Waals surface area contributed by atoms with E-state index in [0.29, 0.717) is 35.2 Å². The summed E-state index contributed by atoms with van der Waals surface area (Å²) >= 11 is 2.85. The number of thiazole rings is 1. The molecule has 0 radical (unpaired) electrons. The van der Waals surface area contributed by atoms with Crippen molar-refractivity contribution >= 4 is 55.3 Å². The van der Waals surface area contributed by atoms with Gasteiger partial charge < -0.3 is 10.1 Å². The van der Waals surface area contributed by atoms with Crippen LogP contribution in [0, 0.1) is 11.8 Å². The highest BCUT2D eigenvalue weighted by molar-refractivity contribution is 7.94. The van der Waals surface area contributed by atoms with E-state index in [0.717, 1.165) is 59.0 Å². The third-order valence-electron chi connectivity index (χ3n) is 7.16. The molecule has 4 heterocycles. The summed E-state index contributed by atoms with van der Waals surface area (Å²) in [5.41, 5.74) is 2.33. The average Bonchev–Trinajstić information content (AvgIpc) is 3.28. The number of para-hydroxylation sites is 1. The number of anilines is 1. The number of aromatic amines is 1. The highest BCUT2D eigenvalue weighted by Crippen LogP contribution is 2.39. The van der Waals surface area contributed by atoms with Crippen LogP contribution in [0.4, 0.5) is 5.69 Å². The number of nitrogens with zero attached hydrogens (tertiary/aromatic N) is 3. The molecule has 2 fully saturated rings. The third-order valence-corrected chi connectivity index (χ3v) is 11.3. The molecule has 1 aliphatic carbocycles. The van der Waals surface area contributed by atoms with Crippen LogP contribution in [-0.2, 0) is 21.4 Å². The molecule has 4 aromatic rings. The van der Waals surface area contributed by atoms with Crippen molar-refractivity contribution in [3.05, 3.63) is 52.9 Å². The second-order valence-corrected chi connectivity index (χ2v) is 14.0. The van der Waals surface area contributed by atoms with E-state index in [2.05, 4.69) is 14.9 Å². The number of benzene rings is 1. The molecule has 0 amide bonds. The van der Waals surface area contributed by atoms with Crippen molar-refractivity contribution < 1.29 is 18.3 Å². The number of carbonyl (C=O) groups is 1. The minimum absolute atomic E-state index is 0.239. The van der Waals surface area contributed by atoms with Crippen molar-refractivity contribution in [3.8, 4) is 10.7 Å². The van der Waals surface area contributed by atoms with Crippen molar-refractivity contribution in [2.24, 2.45) is 11.8 Å².